The van der Waals surface area contributed by atoms with E-state index in [4.69, 9.17) is 4.74 Å². The van der Waals surface area contributed by atoms with Gasteiger partial charge in [0, 0.05) is 11.3 Å². The van der Waals surface area contributed by atoms with Gasteiger partial charge >= 0.3 is 18.0 Å². The molecule has 0 bridgehead atoms. The zero-order chi connectivity index (χ0) is 23.8. The van der Waals surface area contributed by atoms with E-state index in [0.29, 0.717) is 22.9 Å². The lowest BCUT2D eigenvalue weighted by Crippen LogP contribution is -2.32. The van der Waals surface area contributed by atoms with Gasteiger partial charge in [0.1, 0.15) is 18.2 Å². The highest BCUT2D eigenvalue weighted by Gasteiger charge is 2.30. The highest BCUT2D eigenvalue weighted by Crippen LogP contribution is 2.30. The monoisotopic (exact) mass is 459 g/mol. The smallest absolute Gasteiger partial charge is 0.416 e. The molecule has 0 heterocycles. The van der Waals surface area contributed by atoms with Crippen LogP contribution in [0.4, 0.5) is 23.2 Å². The van der Waals surface area contributed by atoms with E-state index in [1.54, 1.807) is 42.5 Å². The minimum atomic E-state index is -4.58. The lowest BCUT2D eigenvalue weighted by molar-refractivity contribution is -0.137. The number of amides is 2. The second-order valence-corrected chi connectivity index (χ2v) is 6.68. The third kappa shape index (κ3) is 6.89. The van der Waals surface area contributed by atoms with Crippen molar-refractivity contribution >= 4 is 23.7 Å². The Morgan fingerprint density at radius 2 is 1.67 bits per heavy atom. The average molecular weight is 459 g/mol. The van der Waals surface area contributed by atoms with E-state index in [1.165, 1.54) is 18.3 Å². The molecule has 3 rings (SSSR count). The van der Waals surface area contributed by atoms with Crippen LogP contribution in [0.25, 0.3) is 0 Å². The predicted octanol–water partition coefficient (Wildman–Crippen LogP) is 4.51. The largest absolute Gasteiger partial charge is 0.489 e. The summed E-state index contributed by atoms with van der Waals surface area (Å²) in [5.41, 5.74) is 1.82. The van der Waals surface area contributed by atoms with Crippen LogP contribution in [0.3, 0.4) is 0 Å². The van der Waals surface area contributed by atoms with E-state index in [0.717, 1.165) is 12.1 Å². The van der Waals surface area contributed by atoms with Crippen molar-refractivity contribution in [3.05, 3.63) is 95.3 Å². The van der Waals surface area contributed by atoms with E-state index >= 15 is 0 Å². The Labute approximate surface area is 185 Å². The molecular formula is C23H17F4N3O3. The van der Waals surface area contributed by atoms with Gasteiger partial charge in [-0.15, -0.1) is 0 Å². The summed E-state index contributed by atoms with van der Waals surface area (Å²) in [6, 6.07) is 16.6. The minimum Gasteiger partial charge on any atom is -0.489 e. The first-order valence-electron chi connectivity index (χ1n) is 9.50. The third-order valence-electron chi connectivity index (χ3n) is 4.27. The number of anilines is 1. The van der Waals surface area contributed by atoms with Crippen LogP contribution in [0, 0.1) is 5.82 Å². The van der Waals surface area contributed by atoms with Gasteiger partial charge in [-0.2, -0.15) is 18.3 Å². The van der Waals surface area contributed by atoms with Gasteiger partial charge in [-0.25, -0.2) is 9.82 Å². The number of carbonyl (C=O) groups excluding carboxylic acids is 2. The molecule has 0 atom stereocenters. The fourth-order valence-corrected chi connectivity index (χ4v) is 2.60. The number of alkyl halides is 3. The normalized spacial score (nSPS) is 11.3. The topological polar surface area (TPSA) is 79.8 Å². The number of hydrogen-bond acceptors (Lipinski definition) is 4. The maximum Gasteiger partial charge on any atom is 0.416 e. The van der Waals surface area contributed by atoms with Gasteiger partial charge in [-0.3, -0.25) is 9.59 Å². The molecule has 3 aromatic rings. The van der Waals surface area contributed by atoms with Crippen molar-refractivity contribution in [2.75, 3.05) is 5.32 Å². The van der Waals surface area contributed by atoms with Gasteiger partial charge in [0.25, 0.3) is 0 Å². The van der Waals surface area contributed by atoms with E-state index in [1.807, 2.05) is 5.43 Å². The minimum absolute atomic E-state index is 0.0527. The van der Waals surface area contributed by atoms with Crippen LogP contribution in [0.5, 0.6) is 5.75 Å². The van der Waals surface area contributed by atoms with Crippen molar-refractivity contribution in [3.63, 3.8) is 0 Å². The fraction of sp³-hybridized carbons (Fsp3) is 0.0870. The van der Waals surface area contributed by atoms with Crippen LogP contribution in [0.1, 0.15) is 16.7 Å². The summed E-state index contributed by atoms with van der Waals surface area (Å²) in [6.07, 6.45) is -3.32. The van der Waals surface area contributed by atoms with Crippen molar-refractivity contribution in [1.82, 2.24) is 5.43 Å². The molecule has 0 unspecified atom stereocenters. The van der Waals surface area contributed by atoms with E-state index < -0.39 is 23.6 Å². The molecule has 0 aliphatic rings. The number of ether oxygens (including phenoxy) is 1. The highest BCUT2D eigenvalue weighted by atomic mass is 19.4. The Hall–Kier alpha value is -4.21. The Bertz CT molecular complexity index is 1160. The molecule has 0 radical (unpaired) electrons. The molecule has 0 saturated carbocycles. The standard InChI is InChI=1S/C23H17F4N3O3/c24-20-7-2-1-4-16(20)14-33-19-10-8-15(9-11-19)13-28-30-22(32)21(31)29-18-6-3-5-17(12-18)23(25,26)27/h1-13H,14H2,(H,29,31)(H,30,32)/b28-13+. The lowest BCUT2D eigenvalue weighted by Gasteiger charge is -2.09. The summed E-state index contributed by atoms with van der Waals surface area (Å²) in [6.45, 7) is 0.0527. The first kappa shape index (κ1) is 23.5. The van der Waals surface area contributed by atoms with Crippen molar-refractivity contribution < 1.29 is 31.9 Å². The molecule has 0 fully saturated rings. The van der Waals surface area contributed by atoms with Crippen molar-refractivity contribution in [1.29, 1.82) is 0 Å². The Balaban J connectivity index is 1.49. The molecule has 33 heavy (non-hydrogen) atoms. The molecule has 0 aliphatic heterocycles. The second-order valence-electron chi connectivity index (χ2n) is 6.68. The fourth-order valence-electron chi connectivity index (χ4n) is 2.60. The number of nitrogens with zero attached hydrogens (tertiary/aromatic N) is 1. The van der Waals surface area contributed by atoms with Crippen LogP contribution >= 0.6 is 0 Å². The number of hydrazone groups is 1. The lowest BCUT2D eigenvalue weighted by atomic mass is 10.2. The van der Waals surface area contributed by atoms with Crippen LogP contribution in [0.2, 0.25) is 0 Å². The van der Waals surface area contributed by atoms with Gasteiger partial charge in [0.05, 0.1) is 11.8 Å². The van der Waals surface area contributed by atoms with Crippen LogP contribution in [-0.4, -0.2) is 18.0 Å². The zero-order valence-electron chi connectivity index (χ0n) is 16.9. The Kier molecular flexibility index (Phi) is 7.39. The molecule has 170 valence electrons. The quantitative estimate of drug-likeness (QED) is 0.246. The van der Waals surface area contributed by atoms with Crippen LogP contribution in [-0.2, 0) is 22.4 Å². The highest BCUT2D eigenvalue weighted by molar-refractivity contribution is 6.39. The first-order chi connectivity index (χ1) is 15.7. The van der Waals surface area contributed by atoms with E-state index in [2.05, 4.69) is 10.4 Å². The second kappa shape index (κ2) is 10.4. The van der Waals surface area contributed by atoms with Gasteiger partial charge < -0.3 is 10.1 Å². The molecule has 0 saturated heterocycles. The molecule has 0 spiro atoms. The number of nitrogens with one attached hydrogen (secondary N) is 2. The van der Waals surface area contributed by atoms with Gasteiger partial charge in [-0.1, -0.05) is 24.3 Å². The molecule has 0 aromatic heterocycles. The first-order valence-corrected chi connectivity index (χ1v) is 9.50. The third-order valence-corrected chi connectivity index (χ3v) is 4.27. The number of benzene rings is 3. The molecule has 3 aromatic carbocycles. The van der Waals surface area contributed by atoms with E-state index in [-0.39, 0.29) is 18.1 Å². The molecule has 0 aliphatic carbocycles. The summed E-state index contributed by atoms with van der Waals surface area (Å²) < 4.78 is 57.3. The van der Waals surface area contributed by atoms with Gasteiger partial charge in [0.15, 0.2) is 0 Å². The summed E-state index contributed by atoms with van der Waals surface area (Å²) >= 11 is 0. The summed E-state index contributed by atoms with van der Waals surface area (Å²) in [5, 5.41) is 5.71. The molecule has 6 nitrogen and oxygen atoms in total. The number of hydrogen-bond donors (Lipinski definition) is 2. The number of carbonyl (C=O) groups is 2. The summed E-state index contributed by atoms with van der Waals surface area (Å²) in [5.74, 6) is -2.22. The van der Waals surface area contributed by atoms with Crippen LogP contribution < -0.4 is 15.5 Å². The average Bonchev–Trinajstić information content (AvgIpc) is 2.79. The number of rotatable bonds is 6. The van der Waals surface area contributed by atoms with Crippen LogP contribution in [0.15, 0.2) is 77.9 Å². The molecule has 2 amide bonds. The summed E-state index contributed by atoms with van der Waals surface area (Å²) in [4.78, 5) is 23.7. The zero-order valence-corrected chi connectivity index (χ0v) is 16.9. The van der Waals surface area contributed by atoms with Gasteiger partial charge in [-0.05, 0) is 54.1 Å². The molecule has 10 heteroatoms. The van der Waals surface area contributed by atoms with E-state index in [9.17, 15) is 27.2 Å². The molecular weight excluding hydrogens is 442 g/mol. The van der Waals surface area contributed by atoms with Gasteiger partial charge in [0.2, 0.25) is 0 Å². The maximum atomic E-state index is 13.6. The SMILES string of the molecule is O=C(N/N=C/c1ccc(OCc2ccccc2F)cc1)C(=O)Nc1cccc(C(F)(F)F)c1. The van der Waals surface area contributed by atoms with Crippen molar-refractivity contribution in [3.8, 4) is 5.75 Å². The predicted molar refractivity (Wildman–Crippen MR) is 113 cm³/mol. The molecule has 2 N–H and O–H groups in total. The van der Waals surface area contributed by atoms with Crippen molar-refractivity contribution in [2.24, 2.45) is 5.10 Å². The number of halogens is 4. The Morgan fingerprint density at radius 3 is 2.36 bits per heavy atom. The van der Waals surface area contributed by atoms with Crippen molar-refractivity contribution in [2.45, 2.75) is 12.8 Å². The summed E-state index contributed by atoms with van der Waals surface area (Å²) in [7, 11) is 0. The Morgan fingerprint density at radius 1 is 0.939 bits per heavy atom. The maximum absolute atomic E-state index is 13.6.